The zero-order chi connectivity index (χ0) is 20.1. The van der Waals surface area contributed by atoms with Crippen molar-refractivity contribution in [3.63, 3.8) is 0 Å². The second-order valence-corrected chi connectivity index (χ2v) is 6.30. The molecule has 0 aliphatic rings. The summed E-state index contributed by atoms with van der Waals surface area (Å²) in [5.41, 5.74) is 2.42. The third-order valence-corrected chi connectivity index (χ3v) is 3.95. The Hall–Kier alpha value is -2.36. The van der Waals surface area contributed by atoms with Crippen LogP contribution < -0.4 is 5.32 Å². The minimum atomic E-state index is -0.409. The van der Waals surface area contributed by atoms with Gasteiger partial charge in [0.15, 0.2) is 0 Å². The maximum Gasteiger partial charge on any atom is 0.269 e. The molecular formula is C18H22BrN3O5. The number of hydrogen-bond acceptors (Lipinski definition) is 6. The first-order valence-electron chi connectivity index (χ1n) is 8.32. The number of non-ortho nitro benzene ring substituents is 2. The predicted octanol–water partition coefficient (Wildman–Crippen LogP) is 3.25. The molecule has 9 heteroatoms. The van der Waals surface area contributed by atoms with Crippen molar-refractivity contribution in [3.8, 4) is 0 Å². The molecule has 0 saturated carbocycles. The molecular weight excluding hydrogens is 418 g/mol. The second-order valence-electron chi connectivity index (χ2n) is 5.51. The quantitative estimate of drug-likeness (QED) is 0.268. The fourth-order valence-electron chi connectivity index (χ4n) is 2.11. The number of nitro groups is 2. The lowest BCUT2D eigenvalue weighted by atomic mass is 10.1. The van der Waals surface area contributed by atoms with Crippen molar-refractivity contribution in [2.24, 2.45) is 0 Å². The molecule has 0 fully saturated rings. The molecule has 27 heavy (non-hydrogen) atoms. The van der Waals surface area contributed by atoms with E-state index in [1.807, 2.05) is 0 Å². The van der Waals surface area contributed by atoms with Crippen LogP contribution in [0.5, 0.6) is 0 Å². The third kappa shape index (κ3) is 9.23. The first kappa shape index (κ1) is 22.7. The number of rotatable bonds is 9. The van der Waals surface area contributed by atoms with Gasteiger partial charge >= 0.3 is 0 Å². The predicted molar refractivity (Wildman–Crippen MR) is 107 cm³/mol. The van der Waals surface area contributed by atoms with Crippen LogP contribution in [0.4, 0.5) is 11.4 Å². The van der Waals surface area contributed by atoms with Crippen LogP contribution in [-0.2, 0) is 12.8 Å². The van der Waals surface area contributed by atoms with Gasteiger partial charge in [-0.25, -0.2) is 0 Å². The van der Waals surface area contributed by atoms with Crippen molar-refractivity contribution in [1.82, 2.24) is 5.32 Å². The highest BCUT2D eigenvalue weighted by molar-refractivity contribution is 9.09. The molecule has 8 nitrogen and oxygen atoms in total. The summed E-state index contributed by atoms with van der Waals surface area (Å²) in [5.74, 6) is 0. The Labute approximate surface area is 165 Å². The zero-order valence-corrected chi connectivity index (χ0v) is 16.3. The number of halogens is 1. The van der Waals surface area contributed by atoms with E-state index in [-0.39, 0.29) is 18.0 Å². The first-order valence-corrected chi connectivity index (χ1v) is 9.44. The molecule has 2 aromatic rings. The Bertz CT molecular complexity index is 708. The lowest BCUT2D eigenvalue weighted by Gasteiger charge is -2.02. The van der Waals surface area contributed by atoms with Gasteiger partial charge in [-0.15, -0.1) is 0 Å². The molecule has 0 spiro atoms. The molecule has 0 atom stereocenters. The molecule has 0 aliphatic carbocycles. The fourth-order valence-corrected chi connectivity index (χ4v) is 2.57. The van der Waals surface area contributed by atoms with Crippen LogP contribution in [0.15, 0.2) is 48.5 Å². The van der Waals surface area contributed by atoms with Crippen molar-refractivity contribution in [1.29, 1.82) is 0 Å². The summed E-state index contributed by atoms with van der Waals surface area (Å²) in [7, 11) is 0. The van der Waals surface area contributed by atoms with Gasteiger partial charge in [0, 0.05) is 36.1 Å². The van der Waals surface area contributed by atoms with Gasteiger partial charge in [0.1, 0.15) is 0 Å². The normalized spacial score (nSPS) is 10.0. The van der Waals surface area contributed by atoms with E-state index in [1.54, 1.807) is 24.3 Å². The monoisotopic (exact) mass is 439 g/mol. The van der Waals surface area contributed by atoms with E-state index >= 15 is 0 Å². The van der Waals surface area contributed by atoms with Crippen LogP contribution in [-0.4, -0.2) is 40.0 Å². The van der Waals surface area contributed by atoms with Crippen molar-refractivity contribution in [2.45, 2.75) is 12.8 Å². The second kappa shape index (κ2) is 12.9. The van der Waals surface area contributed by atoms with E-state index in [0.29, 0.717) is 6.54 Å². The molecule has 0 bridgehead atoms. The number of benzene rings is 2. The summed E-state index contributed by atoms with van der Waals surface area (Å²) >= 11 is 3.30. The third-order valence-electron chi connectivity index (χ3n) is 3.56. The van der Waals surface area contributed by atoms with Crippen molar-refractivity contribution in [3.05, 3.63) is 79.9 Å². The summed E-state index contributed by atoms with van der Waals surface area (Å²) in [6.45, 7) is 1.46. The number of nitrogens with one attached hydrogen (secondary N) is 1. The molecule has 0 heterocycles. The average molecular weight is 440 g/mol. The summed E-state index contributed by atoms with van der Waals surface area (Å²) in [4.78, 5) is 19.8. The smallest absolute Gasteiger partial charge is 0.269 e. The molecule has 146 valence electrons. The van der Waals surface area contributed by atoms with Crippen LogP contribution in [0.2, 0.25) is 0 Å². The highest BCUT2D eigenvalue weighted by Gasteiger charge is 2.03. The molecule has 0 radical (unpaired) electrons. The van der Waals surface area contributed by atoms with Gasteiger partial charge in [-0.1, -0.05) is 40.2 Å². The van der Waals surface area contributed by atoms with Gasteiger partial charge < -0.3 is 10.4 Å². The molecule has 2 rings (SSSR count). The topological polar surface area (TPSA) is 119 Å². The maximum atomic E-state index is 10.4. The Morgan fingerprint density at radius 2 is 1.26 bits per heavy atom. The molecule has 0 unspecified atom stereocenters. The van der Waals surface area contributed by atoms with Crippen molar-refractivity contribution >= 4 is 27.3 Å². The van der Waals surface area contributed by atoms with E-state index in [4.69, 9.17) is 5.11 Å². The molecule has 0 amide bonds. The van der Waals surface area contributed by atoms with Crippen LogP contribution >= 0.6 is 15.9 Å². The summed E-state index contributed by atoms with van der Waals surface area (Å²) in [6.07, 6.45) is 1.70. The largest absolute Gasteiger partial charge is 0.395 e. The number of hydrogen-bond donors (Lipinski definition) is 2. The molecule has 0 aromatic heterocycles. The Morgan fingerprint density at radius 1 is 0.815 bits per heavy atom. The molecule has 0 aliphatic heterocycles. The summed E-state index contributed by atoms with van der Waals surface area (Å²) < 4.78 is 0. The Kier molecular flexibility index (Phi) is 10.8. The highest BCUT2D eigenvalue weighted by atomic mass is 79.9. The van der Waals surface area contributed by atoms with Crippen molar-refractivity contribution < 1.29 is 15.0 Å². The average Bonchev–Trinajstić information content (AvgIpc) is 2.67. The van der Waals surface area contributed by atoms with Gasteiger partial charge in [-0.3, -0.25) is 20.2 Å². The maximum absolute atomic E-state index is 10.4. The zero-order valence-electron chi connectivity index (χ0n) is 14.7. The van der Waals surface area contributed by atoms with Gasteiger partial charge in [0.25, 0.3) is 11.4 Å². The fraction of sp³-hybridized carbons (Fsp3) is 0.333. The van der Waals surface area contributed by atoms with Crippen LogP contribution in [0.25, 0.3) is 0 Å². The SMILES string of the molecule is O=[N+]([O-])c1ccc(CCBr)cc1.O=[N+]([O-])c1ccc(CCNCCO)cc1. The van der Waals surface area contributed by atoms with Crippen LogP contribution in [0.1, 0.15) is 11.1 Å². The molecule has 2 aromatic carbocycles. The lowest BCUT2D eigenvalue weighted by Crippen LogP contribution is -2.20. The Balaban J connectivity index is 0.000000277. The molecule has 0 saturated heterocycles. The Morgan fingerprint density at radius 3 is 1.63 bits per heavy atom. The van der Waals surface area contributed by atoms with E-state index in [1.165, 1.54) is 24.3 Å². The van der Waals surface area contributed by atoms with Gasteiger partial charge in [0.05, 0.1) is 16.5 Å². The van der Waals surface area contributed by atoms with Gasteiger partial charge in [-0.2, -0.15) is 0 Å². The minimum absolute atomic E-state index is 0.113. The number of aliphatic hydroxyl groups is 1. The summed E-state index contributed by atoms with van der Waals surface area (Å²) in [5, 5.41) is 33.1. The number of nitrogens with zero attached hydrogens (tertiary/aromatic N) is 2. The van der Waals surface area contributed by atoms with E-state index < -0.39 is 9.85 Å². The molecule has 2 N–H and O–H groups in total. The van der Waals surface area contributed by atoms with Gasteiger partial charge in [0.2, 0.25) is 0 Å². The number of aryl methyl sites for hydroxylation is 1. The standard InChI is InChI=1S/C10H14N2O3.C8H8BrNO2/c13-8-7-11-6-5-9-1-3-10(4-2-9)12(14)15;9-6-5-7-1-3-8(4-2-7)10(11)12/h1-4,11,13H,5-8H2;1-4H,5-6H2. The minimum Gasteiger partial charge on any atom is -0.395 e. The number of nitro benzene ring substituents is 2. The van der Waals surface area contributed by atoms with E-state index in [0.717, 1.165) is 35.8 Å². The first-order chi connectivity index (χ1) is 13.0. The van der Waals surface area contributed by atoms with Crippen LogP contribution in [0, 0.1) is 20.2 Å². The lowest BCUT2D eigenvalue weighted by molar-refractivity contribution is -0.385. The van der Waals surface area contributed by atoms with E-state index in [9.17, 15) is 20.2 Å². The van der Waals surface area contributed by atoms with Gasteiger partial charge in [-0.05, 0) is 30.5 Å². The van der Waals surface area contributed by atoms with Crippen LogP contribution in [0.3, 0.4) is 0 Å². The van der Waals surface area contributed by atoms with E-state index in [2.05, 4.69) is 21.2 Å². The number of aliphatic hydroxyl groups excluding tert-OH is 1. The number of alkyl halides is 1. The van der Waals surface area contributed by atoms with Crippen molar-refractivity contribution in [2.75, 3.05) is 25.0 Å². The highest BCUT2D eigenvalue weighted by Crippen LogP contribution is 2.13. The summed E-state index contributed by atoms with van der Waals surface area (Å²) in [6, 6.07) is 13.1.